The second-order valence-corrected chi connectivity index (χ2v) is 7.82. The van der Waals surface area contributed by atoms with Crippen molar-refractivity contribution in [2.75, 3.05) is 37.7 Å². The topological polar surface area (TPSA) is 67.6 Å². The minimum absolute atomic E-state index is 0. The van der Waals surface area contributed by atoms with E-state index < -0.39 is 0 Å². The van der Waals surface area contributed by atoms with Gasteiger partial charge >= 0.3 is 0 Å². The highest BCUT2D eigenvalue weighted by atomic mass is 35.5. The highest BCUT2D eigenvalue weighted by Crippen LogP contribution is 2.43. The van der Waals surface area contributed by atoms with Crippen molar-refractivity contribution in [1.29, 1.82) is 0 Å². The molecule has 2 aliphatic heterocycles. The van der Waals surface area contributed by atoms with E-state index in [-0.39, 0.29) is 18.3 Å². The molecule has 0 radical (unpaired) electrons. The van der Waals surface area contributed by atoms with Crippen molar-refractivity contribution >= 4 is 34.7 Å². The van der Waals surface area contributed by atoms with Crippen molar-refractivity contribution in [3.63, 3.8) is 0 Å². The maximum absolute atomic E-state index is 12.2. The molecule has 2 saturated heterocycles. The summed E-state index contributed by atoms with van der Waals surface area (Å²) in [5.41, 5.74) is 7.63. The molecule has 0 aromatic carbocycles. The Hall–Kier alpha value is -0.820. The number of nitrogens with one attached hydrogen (secondary N) is 1. The van der Waals surface area contributed by atoms with Gasteiger partial charge in [0.15, 0.2) is 0 Å². The minimum atomic E-state index is -0.272. The molecule has 3 heterocycles. The van der Waals surface area contributed by atoms with Gasteiger partial charge in [0, 0.05) is 30.7 Å². The van der Waals surface area contributed by atoms with E-state index in [0.29, 0.717) is 12.0 Å². The Morgan fingerprint density at radius 3 is 2.48 bits per heavy atom. The molecule has 0 saturated carbocycles. The van der Waals surface area contributed by atoms with Gasteiger partial charge in [-0.25, -0.2) is 0 Å². The van der Waals surface area contributed by atoms with Crippen LogP contribution in [0.1, 0.15) is 59.3 Å². The number of carbonyl (C=O) groups is 1. The molecule has 2 aliphatic rings. The predicted molar refractivity (Wildman–Crippen MR) is 107 cm³/mol. The van der Waals surface area contributed by atoms with Crippen molar-refractivity contribution in [2.45, 2.75) is 51.5 Å². The second-order valence-electron chi connectivity index (χ2n) is 6.79. The van der Waals surface area contributed by atoms with Crippen LogP contribution in [0.2, 0.25) is 0 Å². The van der Waals surface area contributed by atoms with Crippen LogP contribution >= 0.6 is 23.7 Å². The molecule has 1 amide bonds. The van der Waals surface area contributed by atoms with Crippen molar-refractivity contribution in [1.82, 2.24) is 5.32 Å². The summed E-state index contributed by atoms with van der Waals surface area (Å²) in [7, 11) is 0. The monoisotopic (exact) mass is 387 g/mol. The van der Waals surface area contributed by atoms with E-state index in [1.54, 1.807) is 11.3 Å². The van der Waals surface area contributed by atoms with Gasteiger partial charge in [0.05, 0.1) is 10.6 Å². The number of carbonyl (C=O) groups excluding carboxylic acids is 1. The largest absolute Gasteiger partial charge is 0.381 e. The lowest BCUT2D eigenvalue weighted by Gasteiger charge is -2.35. The summed E-state index contributed by atoms with van der Waals surface area (Å²) in [6.07, 6.45) is 4.28. The Kier molecular flexibility index (Phi) is 7.55. The summed E-state index contributed by atoms with van der Waals surface area (Å²) in [4.78, 5) is 15.8. The van der Waals surface area contributed by atoms with E-state index in [9.17, 15) is 4.79 Å². The van der Waals surface area contributed by atoms with Gasteiger partial charge in [0.2, 0.25) is 5.91 Å². The number of hydrogen-bond acceptors (Lipinski definition) is 5. The van der Waals surface area contributed by atoms with Gasteiger partial charge in [-0.05, 0) is 64.1 Å². The van der Waals surface area contributed by atoms with Gasteiger partial charge in [0.25, 0.3) is 0 Å². The van der Waals surface area contributed by atoms with E-state index in [0.717, 1.165) is 69.7 Å². The Morgan fingerprint density at radius 2 is 1.92 bits per heavy atom. The van der Waals surface area contributed by atoms with Gasteiger partial charge in [-0.15, -0.1) is 23.7 Å². The molecular formula is C18H30ClN3O2S. The number of amides is 1. The number of rotatable bonds is 5. The molecule has 25 heavy (non-hydrogen) atoms. The number of thiophene rings is 1. The molecule has 3 rings (SSSR count). The zero-order valence-corrected chi connectivity index (χ0v) is 16.8. The summed E-state index contributed by atoms with van der Waals surface area (Å²) in [6.45, 7) is 8.92. The maximum Gasteiger partial charge on any atom is 0.250 e. The molecule has 7 heteroatoms. The summed E-state index contributed by atoms with van der Waals surface area (Å²) >= 11 is 1.80. The molecule has 3 N–H and O–H groups in total. The van der Waals surface area contributed by atoms with Gasteiger partial charge in [-0.3, -0.25) is 4.79 Å². The van der Waals surface area contributed by atoms with Crippen LogP contribution in [-0.4, -0.2) is 44.8 Å². The quantitative estimate of drug-likeness (QED) is 0.814. The lowest BCUT2D eigenvalue weighted by Crippen LogP contribution is -2.39. The van der Waals surface area contributed by atoms with Crippen LogP contribution in [0.5, 0.6) is 0 Å². The van der Waals surface area contributed by atoms with E-state index in [4.69, 9.17) is 10.5 Å². The number of anilines is 1. The van der Waals surface area contributed by atoms with Crippen LogP contribution in [0.3, 0.4) is 0 Å². The Morgan fingerprint density at radius 1 is 1.28 bits per heavy atom. The van der Waals surface area contributed by atoms with Crippen LogP contribution in [0.25, 0.3) is 0 Å². The number of halogens is 1. The van der Waals surface area contributed by atoms with Crippen LogP contribution in [-0.2, 0) is 4.74 Å². The SMILES string of the molecule is CCN(c1sc(C2CCNCC2)c(C(N)=O)c1C)C1CCOCC1.Cl. The van der Waals surface area contributed by atoms with Gasteiger partial charge in [0.1, 0.15) is 0 Å². The maximum atomic E-state index is 12.2. The fourth-order valence-electron chi connectivity index (χ4n) is 4.04. The minimum Gasteiger partial charge on any atom is -0.381 e. The summed E-state index contributed by atoms with van der Waals surface area (Å²) in [5.74, 6) is 0.186. The summed E-state index contributed by atoms with van der Waals surface area (Å²) in [5, 5.41) is 4.65. The van der Waals surface area contributed by atoms with Crippen molar-refractivity contribution < 1.29 is 9.53 Å². The van der Waals surface area contributed by atoms with Crippen molar-refractivity contribution in [3.8, 4) is 0 Å². The Bertz CT molecular complexity index is 581. The molecule has 0 spiro atoms. The zero-order chi connectivity index (χ0) is 17.1. The molecule has 0 aliphatic carbocycles. The Balaban J connectivity index is 0.00000225. The molecule has 0 bridgehead atoms. The first kappa shape index (κ1) is 20.5. The number of piperidine rings is 1. The first-order valence-electron chi connectivity index (χ1n) is 9.11. The summed E-state index contributed by atoms with van der Waals surface area (Å²) in [6, 6.07) is 0.502. The number of nitrogens with two attached hydrogens (primary N) is 1. The first-order chi connectivity index (χ1) is 11.6. The van der Waals surface area contributed by atoms with Crippen LogP contribution in [0.15, 0.2) is 0 Å². The van der Waals surface area contributed by atoms with Crippen molar-refractivity contribution in [3.05, 3.63) is 16.0 Å². The molecule has 0 atom stereocenters. The van der Waals surface area contributed by atoms with E-state index in [1.165, 1.54) is 9.88 Å². The third kappa shape index (κ3) is 4.30. The Labute approximate surface area is 160 Å². The lowest BCUT2D eigenvalue weighted by atomic mass is 9.92. The van der Waals surface area contributed by atoms with E-state index in [1.807, 2.05) is 0 Å². The van der Waals surface area contributed by atoms with Gasteiger partial charge in [-0.1, -0.05) is 0 Å². The van der Waals surface area contributed by atoms with E-state index in [2.05, 4.69) is 24.1 Å². The van der Waals surface area contributed by atoms with Crippen molar-refractivity contribution in [2.24, 2.45) is 5.73 Å². The first-order valence-corrected chi connectivity index (χ1v) is 9.93. The van der Waals surface area contributed by atoms with Crippen LogP contribution < -0.4 is 16.0 Å². The average Bonchev–Trinajstić information content (AvgIpc) is 2.95. The zero-order valence-electron chi connectivity index (χ0n) is 15.2. The third-order valence-corrected chi connectivity index (χ3v) is 6.83. The molecule has 0 unspecified atom stereocenters. The molecule has 1 aromatic rings. The number of ether oxygens (including phenoxy) is 1. The highest BCUT2D eigenvalue weighted by molar-refractivity contribution is 7.16. The smallest absolute Gasteiger partial charge is 0.250 e. The molecule has 5 nitrogen and oxygen atoms in total. The second kappa shape index (κ2) is 9.21. The molecule has 1 aromatic heterocycles. The number of primary amides is 1. The third-order valence-electron chi connectivity index (χ3n) is 5.34. The van der Waals surface area contributed by atoms with E-state index >= 15 is 0 Å². The average molecular weight is 388 g/mol. The normalized spacial score (nSPS) is 19.4. The van der Waals surface area contributed by atoms with Gasteiger partial charge in [-0.2, -0.15) is 0 Å². The number of hydrogen-bond donors (Lipinski definition) is 2. The standard InChI is InChI=1S/C18H29N3O2S.ClH/c1-3-21(14-6-10-23-11-7-14)18-12(2)15(17(19)22)16(24-18)13-4-8-20-9-5-13;/h13-14,20H,3-11H2,1-2H3,(H2,19,22);1H. The summed E-state index contributed by atoms with van der Waals surface area (Å²) < 4.78 is 5.52. The van der Waals surface area contributed by atoms with Gasteiger partial charge < -0.3 is 20.7 Å². The molecule has 2 fully saturated rings. The van der Waals surface area contributed by atoms with Crippen LogP contribution in [0.4, 0.5) is 5.00 Å². The highest BCUT2D eigenvalue weighted by Gasteiger charge is 2.30. The fraction of sp³-hybridized carbons (Fsp3) is 0.722. The van der Waals surface area contributed by atoms with Crippen LogP contribution in [0, 0.1) is 6.92 Å². The fourth-order valence-corrected chi connectivity index (χ4v) is 5.66. The lowest BCUT2D eigenvalue weighted by molar-refractivity contribution is 0.0847. The molecule has 142 valence electrons. The molecular weight excluding hydrogens is 358 g/mol. The number of nitrogens with zero attached hydrogens (tertiary/aromatic N) is 1. The predicted octanol–water partition coefficient (Wildman–Crippen LogP) is 3.05.